The van der Waals surface area contributed by atoms with Crippen LogP contribution in [0.3, 0.4) is 0 Å². The number of β-amino-alcohol motifs (C(OH)–C–C–N with tert-alkyl or cyclic N) is 1. The van der Waals surface area contributed by atoms with Gasteiger partial charge in [-0.3, -0.25) is 14.4 Å². The van der Waals surface area contributed by atoms with Crippen LogP contribution in [0.2, 0.25) is 10.0 Å². The van der Waals surface area contributed by atoms with Gasteiger partial charge in [-0.2, -0.15) is 0 Å². The van der Waals surface area contributed by atoms with E-state index in [2.05, 4.69) is 5.32 Å². The molecule has 8 heteroatoms. The highest BCUT2D eigenvalue weighted by molar-refractivity contribution is 6.42. The Morgan fingerprint density at radius 3 is 2.71 bits per heavy atom. The first-order chi connectivity index (χ1) is 11.4. The summed E-state index contributed by atoms with van der Waals surface area (Å²) >= 11 is 11.8. The van der Waals surface area contributed by atoms with Crippen LogP contribution in [0.25, 0.3) is 0 Å². The molecule has 2 amide bonds. The van der Waals surface area contributed by atoms with Crippen molar-refractivity contribution in [2.45, 2.75) is 12.8 Å². The lowest BCUT2D eigenvalue weighted by molar-refractivity contribution is -0.142. The van der Waals surface area contributed by atoms with Gasteiger partial charge in [0.25, 0.3) is 5.91 Å². The highest BCUT2D eigenvalue weighted by Crippen LogP contribution is 2.23. The smallest absolute Gasteiger partial charge is 0.290 e. The molecule has 0 spiro atoms. The third-order valence-corrected chi connectivity index (χ3v) is 4.57. The third-order valence-electron chi connectivity index (χ3n) is 3.83. The Morgan fingerprint density at radius 2 is 2.04 bits per heavy atom. The molecular formula is C16H18Cl2N2O4. The number of aryl methyl sites for hydroxylation is 1. The number of likely N-dealkylation sites (tertiary alicyclic amines) is 1. The van der Waals surface area contributed by atoms with E-state index in [-0.39, 0.29) is 19.7 Å². The van der Waals surface area contributed by atoms with Gasteiger partial charge < -0.3 is 15.3 Å². The summed E-state index contributed by atoms with van der Waals surface area (Å²) in [6, 6.07) is 5.36. The molecule has 1 fully saturated rings. The molecule has 24 heavy (non-hydrogen) atoms. The fraction of sp³-hybridized carbons (Fsp3) is 0.438. The van der Waals surface area contributed by atoms with Crippen LogP contribution in [-0.4, -0.2) is 53.8 Å². The number of aliphatic hydroxyl groups is 1. The van der Waals surface area contributed by atoms with E-state index in [0.29, 0.717) is 29.4 Å². The highest BCUT2D eigenvalue weighted by atomic mass is 35.5. The lowest BCUT2D eigenvalue weighted by Crippen LogP contribution is -2.36. The molecule has 2 N–H and O–H groups in total. The largest absolute Gasteiger partial charge is 0.395 e. The standard InChI is InChI=1S/C16H18Cl2N2O4/c17-12-4-3-10(8-13(12)18)2-1-5-19-15(23)11-9-20(6-7-21)16(24)14(11)22/h3-4,8,11,21H,1-2,5-7,9H2,(H,19,23). The minimum absolute atomic E-state index is 0.0247. The number of hydrogen-bond acceptors (Lipinski definition) is 4. The minimum Gasteiger partial charge on any atom is -0.395 e. The molecule has 1 aromatic rings. The summed E-state index contributed by atoms with van der Waals surface area (Å²) < 4.78 is 0. The zero-order valence-electron chi connectivity index (χ0n) is 12.9. The number of hydrogen-bond donors (Lipinski definition) is 2. The molecule has 1 aromatic carbocycles. The number of halogens is 2. The van der Waals surface area contributed by atoms with Crippen molar-refractivity contribution in [2.24, 2.45) is 5.92 Å². The Hall–Kier alpha value is -1.63. The first-order valence-corrected chi connectivity index (χ1v) is 8.35. The Labute approximate surface area is 149 Å². The fourth-order valence-corrected chi connectivity index (χ4v) is 2.85. The van der Waals surface area contributed by atoms with E-state index >= 15 is 0 Å². The van der Waals surface area contributed by atoms with E-state index in [4.69, 9.17) is 28.3 Å². The Bertz CT molecular complexity index is 651. The maximum Gasteiger partial charge on any atom is 0.290 e. The second-order valence-electron chi connectivity index (χ2n) is 5.53. The Morgan fingerprint density at radius 1 is 1.29 bits per heavy atom. The number of Topliss-reactive ketones (excluding diaryl/α,β-unsaturated/α-hetero) is 1. The molecule has 0 aliphatic carbocycles. The topological polar surface area (TPSA) is 86.7 Å². The first kappa shape index (κ1) is 18.7. The van der Waals surface area contributed by atoms with Gasteiger partial charge in [-0.15, -0.1) is 0 Å². The average molecular weight is 373 g/mol. The van der Waals surface area contributed by atoms with Gasteiger partial charge in [-0.05, 0) is 30.5 Å². The van der Waals surface area contributed by atoms with Gasteiger partial charge in [-0.1, -0.05) is 29.3 Å². The number of carbonyl (C=O) groups excluding carboxylic acids is 3. The van der Waals surface area contributed by atoms with Gasteiger partial charge in [0.15, 0.2) is 0 Å². The Balaban J connectivity index is 1.78. The van der Waals surface area contributed by atoms with E-state index in [9.17, 15) is 14.4 Å². The number of benzene rings is 1. The number of nitrogens with zero attached hydrogens (tertiary/aromatic N) is 1. The first-order valence-electron chi connectivity index (χ1n) is 7.59. The minimum atomic E-state index is -0.992. The monoisotopic (exact) mass is 372 g/mol. The molecule has 2 rings (SSSR count). The molecular weight excluding hydrogens is 355 g/mol. The molecule has 0 aromatic heterocycles. The van der Waals surface area contributed by atoms with E-state index in [1.165, 1.54) is 4.90 Å². The lowest BCUT2D eigenvalue weighted by Gasteiger charge is -2.13. The number of amides is 2. The van der Waals surface area contributed by atoms with Crippen molar-refractivity contribution >= 4 is 40.8 Å². The molecule has 6 nitrogen and oxygen atoms in total. The molecule has 1 aliphatic rings. The Kier molecular flexibility index (Phi) is 6.60. The highest BCUT2D eigenvalue weighted by Gasteiger charge is 2.42. The summed E-state index contributed by atoms with van der Waals surface area (Å²) in [5.41, 5.74) is 1.000. The molecule has 1 saturated heterocycles. The second-order valence-corrected chi connectivity index (χ2v) is 6.35. The summed E-state index contributed by atoms with van der Waals surface area (Å²) in [4.78, 5) is 36.7. The summed E-state index contributed by atoms with van der Waals surface area (Å²) in [6.07, 6.45) is 1.37. The molecule has 1 unspecified atom stereocenters. The maximum absolute atomic E-state index is 12.0. The van der Waals surface area contributed by atoms with E-state index in [0.717, 1.165) is 5.56 Å². The summed E-state index contributed by atoms with van der Waals surface area (Å²) in [7, 11) is 0. The molecule has 1 atom stereocenters. The van der Waals surface area contributed by atoms with Crippen LogP contribution in [0, 0.1) is 5.92 Å². The SMILES string of the molecule is O=C(NCCCc1ccc(Cl)c(Cl)c1)C1CN(CCO)C(=O)C1=O. The predicted molar refractivity (Wildman–Crippen MR) is 90.0 cm³/mol. The van der Waals surface area contributed by atoms with E-state index in [1.807, 2.05) is 6.07 Å². The van der Waals surface area contributed by atoms with Crippen molar-refractivity contribution in [3.05, 3.63) is 33.8 Å². The summed E-state index contributed by atoms with van der Waals surface area (Å²) in [6.45, 7) is 0.233. The van der Waals surface area contributed by atoms with Crippen LogP contribution < -0.4 is 5.32 Å². The average Bonchev–Trinajstić information content (AvgIpc) is 2.83. The van der Waals surface area contributed by atoms with Crippen LogP contribution in [0.1, 0.15) is 12.0 Å². The lowest BCUT2D eigenvalue weighted by atomic mass is 10.1. The van der Waals surface area contributed by atoms with Gasteiger partial charge in [0, 0.05) is 19.6 Å². The van der Waals surface area contributed by atoms with Gasteiger partial charge in [0.05, 0.1) is 16.7 Å². The molecule has 1 heterocycles. The zero-order valence-corrected chi connectivity index (χ0v) is 14.4. The zero-order chi connectivity index (χ0) is 17.7. The van der Waals surface area contributed by atoms with E-state index < -0.39 is 23.5 Å². The number of carbonyl (C=O) groups is 3. The fourth-order valence-electron chi connectivity index (χ4n) is 2.53. The van der Waals surface area contributed by atoms with Crippen molar-refractivity contribution in [2.75, 3.05) is 26.2 Å². The van der Waals surface area contributed by atoms with Crippen LogP contribution in [-0.2, 0) is 20.8 Å². The van der Waals surface area contributed by atoms with Crippen LogP contribution in [0.4, 0.5) is 0 Å². The van der Waals surface area contributed by atoms with Gasteiger partial charge >= 0.3 is 0 Å². The van der Waals surface area contributed by atoms with E-state index in [1.54, 1.807) is 12.1 Å². The molecule has 1 aliphatic heterocycles. The number of nitrogens with one attached hydrogen (secondary N) is 1. The molecule has 130 valence electrons. The molecule has 0 saturated carbocycles. The van der Waals surface area contributed by atoms with Crippen molar-refractivity contribution < 1.29 is 19.5 Å². The van der Waals surface area contributed by atoms with Gasteiger partial charge in [0.1, 0.15) is 5.92 Å². The second kappa shape index (κ2) is 8.46. The van der Waals surface area contributed by atoms with Gasteiger partial charge in [-0.25, -0.2) is 0 Å². The maximum atomic E-state index is 12.0. The van der Waals surface area contributed by atoms with Crippen molar-refractivity contribution in [1.29, 1.82) is 0 Å². The van der Waals surface area contributed by atoms with Crippen LogP contribution in [0.5, 0.6) is 0 Å². The van der Waals surface area contributed by atoms with Gasteiger partial charge in [0.2, 0.25) is 11.7 Å². The number of rotatable bonds is 7. The summed E-state index contributed by atoms with van der Waals surface area (Å²) in [5.74, 6) is -2.87. The molecule has 0 radical (unpaired) electrons. The van der Waals surface area contributed by atoms with Crippen molar-refractivity contribution in [3.8, 4) is 0 Å². The van der Waals surface area contributed by atoms with Crippen LogP contribution in [0.15, 0.2) is 18.2 Å². The quantitative estimate of drug-likeness (QED) is 0.425. The predicted octanol–water partition coefficient (Wildman–Crippen LogP) is 1.06. The third kappa shape index (κ3) is 4.47. The molecule has 0 bridgehead atoms. The van der Waals surface area contributed by atoms with Crippen molar-refractivity contribution in [3.63, 3.8) is 0 Å². The number of aliphatic hydroxyl groups excluding tert-OH is 1. The summed E-state index contributed by atoms with van der Waals surface area (Å²) in [5, 5.41) is 12.5. The normalized spacial score (nSPS) is 17.5. The van der Waals surface area contributed by atoms with Crippen molar-refractivity contribution in [1.82, 2.24) is 10.2 Å². The number of ketones is 1. The van der Waals surface area contributed by atoms with Crippen LogP contribution >= 0.6 is 23.2 Å².